The molecule has 0 heterocycles. The molecular formula is C15H14F4N2. The van der Waals surface area contributed by atoms with Gasteiger partial charge in [0, 0.05) is 6.04 Å². The van der Waals surface area contributed by atoms with Crippen molar-refractivity contribution in [2.24, 2.45) is 5.84 Å². The topological polar surface area (TPSA) is 38.0 Å². The Balaban J connectivity index is 2.18. The third kappa shape index (κ3) is 4.03. The van der Waals surface area contributed by atoms with E-state index < -0.39 is 17.8 Å². The van der Waals surface area contributed by atoms with Crippen LogP contribution in [0.3, 0.4) is 0 Å². The summed E-state index contributed by atoms with van der Waals surface area (Å²) in [6.07, 6.45) is -3.99. The van der Waals surface area contributed by atoms with Crippen LogP contribution in [-0.2, 0) is 12.6 Å². The standard InChI is InChI=1S/C15H14F4N2/c16-13-3-1-2-10(8-13)9-14(21-20)11-4-6-12(7-5-11)15(17,18)19/h1-8,14,21H,9,20H2. The lowest BCUT2D eigenvalue weighted by Crippen LogP contribution is -2.29. The molecule has 0 aliphatic rings. The van der Waals surface area contributed by atoms with Crippen LogP contribution < -0.4 is 11.3 Å². The molecule has 0 amide bonds. The van der Waals surface area contributed by atoms with Gasteiger partial charge in [-0.15, -0.1) is 0 Å². The Morgan fingerprint density at radius 3 is 2.24 bits per heavy atom. The number of halogens is 4. The highest BCUT2D eigenvalue weighted by atomic mass is 19.4. The maximum absolute atomic E-state index is 13.1. The summed E-state index contributed by atoms with van der Waals surface area (Å²) < 4.78 is 50.7. The lowest BCUT2D eigenvalue weighted by Gasteiger charge is -2.17. The number of nitrogens with one attached hydrogen (secondary N) is 1. The molecule has 2 aromatic rings. The first-order valence-electron chi connectivity index (χ1n) is 6.28. The van der Waals surface area contributed by atoms with Gasteiger partial charge in [-0.25, -0.2) is 4.39 Å². The molecular weight excluding hydrogens is 284 g/mol. The van der Waals surface area contributed by atoms with E-state index in [9.17, 15) is 17.6 Å². The molecule has 1 atom stereocenters. The van der Waals surface area contributed by atoms with Crippen molar-refractivity contribution in [3.63, 3.8) is 0 Å². The van der Waals surface area contributed by atoms with Gasteiger partial charge in [0.25, 0.3) is 0 Å². The fourth-order valence-electron chi connectivity index (χ4n) is 2.08. The molecule has 0 fully saturated rings. The molecule has 0 saturated heterocycles. The maximum Gasteiger partial charge on any atom is 0.416 e. The fourth-order valence-corrected chi connectivity index (χ4v) is 2.08. The Kier molecular flexibility index (Phi) is 4.59. The van der Waals surface area contributed by atoms with E-state index >= 15 is 0 Å². The first kappa shape index (κ1) is 15.5. The second-order valence-electron chi connectivity index (χ2n) is 4.67. The second-order valence-corrected chi connectivity index (χ2v) is 4.67. The summed E-state index contributed by atoms with van der Waals surface area (Å²) in [5.74, 6) is 5.08. The summed E-state index contributed by atoms with van der Waals surface area (Å²) >= 11 is 0. The van der Waals surface area contributed by atoms with Crippen LogP contribution >= 0.6 is 0 Å². The lowest BCUT2D eigenvalue weighted by molar-refractivity contribution is -0.137. The Morgan fingerprint density at radius 2 is 1.71 bits per heavy atom. The molecule has 2 aromatic carbocycles. The number of hydrogen-bond acceptors (Lipinski definition) is 2. The minimum Gasteiger partial charge on any atom is -0.271 e. The Labute approximate surface area is 119 Å². The molecule has 0 aliphatic carbocycles. The molecule has 112 valence electrons. The smallest absolute Gasteiger partial charge is 0.271 e. The van der Waals surface area contributed by atoms with Crippen molar-refractivity contribution < 1.29 is 17.6 Å². The first-order valence-corrected chi connectivity index (χ1v) is 6.28. The van der Waals surface area contributed by atoms with Gasteiger partial charge in [-0.1, -0.05) is 24.3 Å². The van der Waals surface area contributed by atoms with E-state index in [1.54, 1.807) is 12.1 Å². The number of benzene rings is 2. The summed E-state index contributed by atoms with van der Waals surface area (Å²) in [5, 5.41) is 0. The van der Waals surface area contributed by atoms with Gasteiger partial charge in [0.15, 0.2) is 0 Å². The summed E-state index contributed by atoms with van der Waals surface area (Å²) in [4.78, 5) is 0. The average Bonchev–Trinajstić information content (AvgIpc) is 2.44. The zero-order chi connectivity index (χ0) is 15.5. The number of hydrogen-bond donors (Lipinski definition) is 2. The van der Waals surface area contributed by atoms with E-state index in [-0.39, 0.29) is 5.82 Å². The Morgan fingerprint density at radius 1 is 1.05 bits per heavy atom. The van der Waals surface area contributed by atoms with E-state index in [0.717, 1.165) is 12.1 Å². The van der Waals surface area contributed by atoms with Crippen molar-refractivity contribution in [3.8, 4) is 0 Å². The van der Waals surface area contributed by atoms with Crippen LogP contribution in [0.25, 0.3) is 0 Å². The van der Waals surface area contributed by atoms with Crippen LogP contribution in [0.15, 0.2) is 48.5 Å². The van der Waals surface area contributed by atoms with Gasteiger partial charge < -0.3 is 0 Å². The van der Waals surface area contributed by atoms with E-state index in [4.69, 9.17) is 5.84 Å². The maximum atomic E-state index is 13.1. The predicted octanol–water partition coefficient (Wildman–Crippen LogP) is 3.59. The summed E-state index contributed by atoms with van der Waals surface area (Å²) in [5.41, 5.74) is 3.14. The molecule has 0 aromatic heterocycles. The van der Waals surface area contributed by atoms with Crippen molar-refractivity contribution >= 4 is 0 Å². The van der Waals surface area contributed by atoms with E-state index in [1.807, 2.05) is 0 Å². The minimum absolute atomic E-state index is 0.365. The van der Waals surface area contributed by atoms with Gasteiger partial charge in [-0.2, -0.15) is 13.2 Å². The normalized spacial score (nSPS) is 13.2. The largest absolute Gasteiger partial charge is 0.416 e. The number of alkyl halides is 3. The SMILES string of the molecule is NNC(Cc1cccc(F)c1)c1ccc(C(F)(F)F)cc1. The van der Waals surface area contributed by atoms with Crippen molar-refractivity contribution in [1.82, 2.24) is 5.43 Å². The lowest BCUT2D eigenvalue weighted by atomic mass is 9.98. The quantitative estimate of drug-likeness (QED) is 0.514. The number of nitrogens with two attached hydrogens (primary N) is 1. The Hall–Kier alpha value is -1.92. The molecule has 2 nitrogen and oxygen atoms in total. The van der Waals surface area contributed by atoms with Crippen LogP contribution in [0.2, 0.25) is 0 Å². The van der Waals surface area contributed by atoms with Gasteiger partial charge >= 0.3 is 6.18 Å². The molecule has 21 heavy (non-hydrogen) atoms. The third-order valence-electron chi connectivity index (χ3n) is 3.17. The molecule has 0 spiro atoms. The van der Waals surface area contributed by atoms with E-state index in [2.05, 4.69) is 5.43 Å². The second kappa shape index (κ2) is 6.24. The van der Waals surface area contributed by atoms with Crippen LogP contribution in [0, 0.1) is 5.82 Å². The highest BCUT2D eigenvalue weighted by molar-refractivity contribution is 5.28. The van der Waals surface area contributed by atoms with Crippen LogP contribution in [-0.4, -0.2) is 0 Å². The van der Waals surface area contributed by atoms with E-state index in [1.165, 1.54) is 24.3 Å². The zero-order valence-corrected chi connectivity index (χ0v) is 11.0. The molecule has 6 heteroatoms. The molecule has 0 bridgehead atoms. The molecule has 0 radical (unpaired) electrons. The fraction of sp³-hybridized carbons (Fsp3) is 0.200. The minimum atomic E-state index is -4.37. The number of hydrazine groups is 1. The van der Waals surface area contributed by atoms with Gasteiger partial charge in [0.05, 0.1) is 5.56 Å². The van der Waals surface area contributed by atoms with Crippen molar-refractivity contribution in [1.29, 1.82) is 0 Å². The van der Waals surface area contributed by atoms with Crippen molar-refractivity contribution in [3.05, 3.63) is 71.0 Å². The first-order chi connectivity index (χ1) is 9.90. The molecule has 0 aliphatic heterocycles. The number of rotatable bonds is 4. The summed E-state index contributed by atoms with van der Waals surface area (Å²) in [6, 6.07) is 10.4. The van der Waals surface area contributed by atoms with E-state index in [0.29, 0.717) is 17.5 Å². The molecule has 2 rings (SSSR count). The van der Waals surface area contributed by atoms with Gasteiger partial charge in [-0.05, 0) is 41.8 Å². The molecule has 1 unspecified atom stereocenters. The van der Waals surface area contributed by atoms with Gasteiger partial charge in [0.1, 0.15) is 5.82 Å². The molecule has 3 N–H and O–H groups in total. The average molecular weight is 298 g/mol. The third-order valence-corrected chi connectivity index (χ3v) is 3.17. The van der Waals surface area contributed by atoms with Gasteiger partial charge in [0.2, 0.25) is 0 Å². The Bertz CT molecular complexity index is 593. The highest BCUT2D eigenvalue weighted by Crippen LogP contribution is 2.30. The zero-order valence-electron chi connectivity index (χ0n) is 11.0. The molecule has 0 saturated carbocycles. The highest BCUT2D eigenvalue weighted by Gasteiger charge is 2.30. The van der Waals surface area contributed by atoms with Crippen molar-refractivity contribution in [2.45, 2.75) is 18.6 Å². The van der Waals surface area contributed by atoms with Crippen LogP contribution in [0.1, 0.15) is 22.7 Å². The predicted molar refractivity (Wildman–Crippen MR) is 71.6 cm³/mol. The van der Waals surface area contributed by atoms with Crippen LogP contribution in [0.4, 0.5) is 17.6 Å². The van der Waals surface area contributed by atoms with Crippen molar-refractivity contribution in [2.75, 3.05) is 0 Å². The van der Waals surface area contributed by atoms with Gasteiger partial charge in [-0.3, -0.25) is 11.3 Å². The van der Waals surface area contributed by atoms with Crippen LogP contribution in [0.5, 0.6) is 0 Å². The summed E-state index contributed by atoms with van der Waals surface area (Å²) in [7, 11) is 0. The monoisotopic (exact) mass is 298 g/mol. The summed E-state index contributed by atoms with van der Waals surface area (Å²) in [6.45, 7) is 0.